The van der Waals surface area contributed by atoms with Crippen LogP contribution in [0.4, 0.5) is 11.4 Å². The standard InChI is InChI=1S/C18H16Cl2N4O5/c1-23(10-16(25)22-12-5-6-14(19)15(20)8-12)17(26)9-21-18(27)11-3-2-4-13(7-11)24(28)29/h2-8H,9-10H2,1H3,(H,21,27)(H,22,25). The number of nitrogens with one attached hydrogen (secondary N) is 2. The van der Waals surface area contributed by atoms with Gasteiger partial charge in [-0.25, -0.2) is 0 Å². The van der Waals surface area contributed by atoms with Crippen LogP contribution in [-0.2, 0) is 9.59 Å². The van der Waals surface area contributed by atoms with E-state index >= 15 is 0 Å². The molecule has 0 radical (unpaired) electrons. The Morgan fingerprint density at radius 3 is 2.48 bits per heavy atom. The molecule has 0 aliphatic rings. The summed E-state index contributed by atoms with van der Waals surface area (Å²) >= 11 is 11.7. The van der Waals surface area contributed by atoms with E-state index in [0.29, 0.717) is 10.7 Å². The summed E-state index contributed by atoms with van der Waals surface area (Å²) in [4.78, 5) is 47.5. The molecule has 0 aliphatic heterocycles. The van der Waals surface area contributed by atoms with E-state index in [0.717, 1.165) is 11.0 Å². The van der Waals surface area contributed by atoms with Crippen molar-refractivity contribution in [3.63, 3.8) is 0 Å². The Kier molecular flexibility index (Phi) is 7.52. The van der Waals surface area contributed by atoms with Crippen molar-refractivity contribution in [3.05, 3.63) is 68.2 Å². The Hall–Kier alpha value is -3.17. The molecule has 2 aromatic carbocycles. The van der Waals surface area contributed by atoms with Gasteiger partial charge >= 0.3 is 0 Å². The van der Waals surface area contributed by atoms with E-state index in [1.165, 1.54) is 37.4 Å². The number of hydrogen-bond acceptors (Lipinski definition) is 5. The van der Waals surface area contributed by atoms with Crippen LogP contribution in [0.1, 0.15) is 10.4 Å². The first-order valence-electron chi connectivity index (χ1n) is 8.19. The van der Waals surface area contributed by atoms with E-state index in [1.807, 2.05) is 0 Å². The van der Waals surface area contributed by atoms with Gasteiger partial charge in [0.15, 0.2) is 0 Å². The van der Waals surface area contributed by atoms with Gasteiger partial charge in [-0.05, 0) is 24.3 Å². The maximum absolute atomic E-state index is 12.1. The van der Waals surface area contributed by atoms with E-state index in [4.69, 9.17) is 23.2 Å². The summed E-state index contributed by atoms with van der Waals surface area (Å²) < 4.78 is 0. The Labute approximate surface area is 175 Å². The van der Waals surface area contributed by atoms with E-state index in [9.17, 15) is 24.5 Å². The summed E-state index contributed by atoms with van der Waals surface area (Å²) in [5, 5.41) is 16.3. The van der Waals surface area contributed by atoms with E-state index in [1.54, 1.807) is 6.07 Å². The molecule has 0 aliphatic carbocycles. The predicted octanol–water partition coefficient (Wildman–Crippen LogP) is 2.73. The van der Waals surface area contributed by atoms with Crippen molar-refractivity contribution < 1.29 is 19.3 Å². The minimum absolute atomic E-state index is 0.0482. The van der Waals surface area contributed by atoms with Crippen LogP contribution < -0.4 is 10.6 Å². The number of amides is 3. The summed E-state index contributed by atoms with van der Waals surface area (Å²) in [5.74, 6) is -1.63. The summed E-state index contributed by atoms with van der Waals surface area (Å²) in [7, 11) is 1.40. The van der Waals surface area contributed by atoms with Crippen LogP contribution >= 0.6 is 23.2 Å². The number of non-ortho nitro benzene ring substituents is 1. The van der Waals surface area contributed by atoms with Gasteiger partial charge in [-0.2, -0.15) is 0 Å². The molecule has 0 fully saturated rings. The van der Waals surface area contributed by atoms with Crippen LogP contribution in [0.3, 0.4) is 0 Å². The van der Waals surface area contributed by atoms with Gasteiger partial charge < -0.3 is 15.5 Å². The molecule has 0 saturated carbocycles. The van der Waals surface area contributed by atoms with Gasteiger partial charge in [-0.1, -0.05) is 29.3 Å². The second-order valence-corrected chi connectivity index (χ2v) is 6.73. The zero-order valence-electron chi connectivity index (χ0n) is 15.1. The Bertz CT molecular complexity index is 967. The molecule has 0 atom stereocenters. The number of nitro groups is 1. The molecule has 2 rings (SSSR count). The van der Waals surface area contributed by atoms with Crippen molar-refractivity contribution in [1.29, 1.82) is 0 Å². The number of nitro benzene ring substituents is 1. The normalized spacial score (nSPS) is 10.2. The largest absolute Gasteiger partial charge is 0.343 e. The number of carbonyl (C=O) groups is 3. The number of benzene rings is 2. The fourth-order valence-electron chi connectivity index (χ4n) is 2.23. The lowest BCUT2D eigenvalue weighted by Gasteiger charge is -2.17. The number of rotatable bonds is 7. The van der Waals surface area contributed by atoms with Crippen LogP contribution in [0, 0.1) is 10.1 Å². The van der Waals surface area contributed by atoms with Crippen molar-refractivity contribution >= 4 is 52.3 Å². The highest BCUT2D eigenvalue weighted by atomic mass is 35.5. The van der Waals surface area contributed by atoms with Crippen LogP contribution in [0.5, 0.6) is 0 Å². The molecule has 0 bridgehead atoms. The van der Waals surface area contributed by atoms with Gasteiger partial charge in [-0.3, -0.25) is 24.5 Å². The van der Waals surface area contributed by atoms with Crippen molar-refractivity contribution in [1.82, 2.24) is 10.2 Å². The molecule has 0 unspecified atom stereocenters. The second-order valence-electron chi connectivity index (χ2n) is 5.92. The highest BCUT2D eigenvalue weighted by Gasteiger charge is 2.16. The third-order valence-electron chi connectivity index (χ3n) is 3.73. The van der Waals surface area contributed by atoms with Crippen LogP contribution in [0.15, 0.2) is 42.5 Å². The van der Waals surface area contributed by atoms with Crippen LogP contribution in [0.2, 0.25) is 10.0 Å². The first-order valence-corrected chi connectivity index (χ1v) is 8.94. The topological polar surface area (TPSA) is 122 Å². The van der Waals surface area contributed by atoms with E-state index < -0.39 is 22.6 Å². The zero-order chi connectivity index (χ0) is 21.6. The summed E-state index contributed by atoms with van der Waals surface area (Å²) in [6.45, 7) is -0.635. The van der Waals surface area contributed by atoms with E-state index in [-0.39, 0.29) is 29.4 Å². The maximum atomic E-state index is 12.1. The number of halogens is 2. The third kappa shape index (κ3) is 6.44. The van der Waals surface area contributed by atoms with Crippen LogP contribution in [0.25, 0.3) is 0 Å². The minimum Gasteiger partial charge on any atom is -0.343 e. The molecular formula is C18H16Cl2N4O5. The lowest BCUT2D eigenvalue weighted by atomic mass is 10.2. The molecule has 3 amide bonds. The molecule has 0 spiro atoms. The Morgan fingerprint density at radius 1 is 1.10 bits per heavy atom. The molecule has 9 nitrogen and oxygen atoms in total. The van der Waals surface area contributed by atoms with Crippen molar-refractivity contribution in [2.45, 2.75) is 0 Å². The van der Waals surface area contributed by atoms with Gasteiger partial charge in [0.25, 0.3) is 11.6 Å². The number of nitrogens with zero attached hydrogens (tertiary/aromatic N) is 2. The SMILES string of the molecule is CN(CC(=O)Nc1ccc(Cl)c(Cl)c1)C(=O)CNC(=O)c1cccc([N+](=O)[O-])c1. The molecule has 0 heterocycles. The van der Waals surface area contributed by atoms with Crippen LogP contribution in [-0.4, -0.2) is 47.7 Å². The average Bonchev–Trinajstić information content (AvgIpc) is 2.68. The molecule has 2 aromatic rings. The van der Waals surface area contributed by atoms with Crippen molar-refractivity contribution in [2.24, 2.45) is 0 Å². The number of likely N-dealkylation sites (N-methyl/N-ethyl adjacent to an activating group) is 1. The minimum atomic E-state index is -0.643. The first-order chi connectivity index (χ1) is 13.7. The quantitative estimate of drug-likeness (QED) is 0.508. The number of anilines is 1. The van der Waals surface area contributed by atoms with Gasteiger partial charge in [0.1, 0.15) is 0 Å². The summed E-state index contributed by atoms with van der Waals surface area (Å²) in [5.41, 5.74) is 0.233. The Morgan fingerprint density at radius 2 is 1.83 bits per heavy atom. The summed E-state index contributed by atoms with van der Waals surface area (Å²) in [6, 6.07) is 9.68. The molecule has 0 saturated heterocycles. The van der Waals surface area contributed by atoms with E-state index in [2.05, 4.69) is 10.6 Å². The van der Waals surface area contributed by atoms with Gasteiger partial charge in [0.2, 0.25) is 11.8 Å². The highest BCUT2D eigenvalue weighted by molar-refractivity contribution is 6.42. The van der Waals surface area contributed by atoms with Gasteiger partial charge in [-0.15, -0.1) is 0 Å². The van der Waals surface area contributed by atoms with Gasteiger partial charge in [0, 0.05) is 30.4 Å². The molecule has 152 valence electrons. The lowest BCUT2D eigenvalue weighted by Crippen LogP contribution is -2.41. The predicted molar refractivity (Wildman–Crippen MR) is 108 cm³/mol. The number of carbonyl (C=O) groups excluding carboxylic acids is 3. The number of hydrogen-bond donors (Lipinski definition) is 2. The molecule has 0 aromatic heterocycles. The molecular weight excluding hydrogens is 423 g/mol. The zero-order valence-corrected chi connectivity index (χ0v) is 16.7. The fourth-order valence-corrected chi connectivity index (χ4v) is 2.53. The third-order valence-corrected chi connectivity index (χ3v) is 4.47. The fraction of sp³-hybridized carbons (Fsp3) is 0.167. The van der Waals surface area contributed by atoms with Gasteiger partial charge in [0.05, 0.1) is 28.1 Å². The molecule has 11 heteroatoms. The van der Waals surface area contributed by atoms with Crippen molar-refractivity contribution in [3.8, 4) is 0 Å². The highest BCUT2D eigenvalue weighted by Crippen LogP contribution is 2.24. The Balaban J connectivity index is 1.85. The summed E-state index contributed by atoms with van der Waals surface area (Å²) in [6.07, 6.45) is 0. The lowest BCUT2D eigenvalue weighted by molar-refractivity contribution is -0.384. The van der Waals surface area contributed by atoms with Crippen molar-refractivity contribution in [2.75, 3.05) is 25.5 Å². The second kappa shape index (κ2) is 9.85. The maximum Gasteiger partial charge on any atom is 0.270 e. The smallest absolute Gasteiger partial charge is 0.270 e. The first kappa shape index (κ1) is 22.1. The molecule has 29 heavy (non-hydrogen) atoms. The molecule has 2 N–H and O–H groups in total. The average molecular weight is 439 g/mol. The monoisotopic (exact) mass is 438 g/mol.